The van der Waals surface area contributed by atoms with Gasteiger partial charge in [-0.3, -0.25) is 14.9 Å². The Bertz CT molecular complexity index is 1280. The van der Waals surface area contributed by atoms with E-state index in [9.17, 15) is 14.0 Å². The van der Waals surface area contributed by atoms with Gasteiger partial charge in [-0.1, -0.05) is 18.2 Å². The van der Waals surface area contributed by atoms with Gasteiger partial charge in [-0.15, -0.1) is 11.8 Å². The van der Waals surface area contributed by atoms with Crippen molar-refractivity contribution in [3.63, 3.8) is 0 Å². The molecule has 0 bridgehead atoms. The molecule has 2 aromatic carbocycles. The highest BCUT2D eigenvalue weighted by atomic mass is 32.2. The molecule has 2 amide bonds. The number of aromatic nitrogens is 2. The number of carbonyl (C=O) groups excluding carboxylic acids is 2. The Labute approximate surface area is 210 Å². The lowest BCUT2D eigenvalue weighted by molar-refractivity contribution is -0.114. The van der Waals surface area contributed by atoms with Crippen LogP contribution in [0.1, 0.15) is 22.8 Å². The van der Waals surface area contributed by atoms with Gasteiger partial charge in [0.05, 0.1) is 17.9 Å². The molecule has 3 atom stereocenters. The molecule has 2 saturated heterocycles. The highest BCUT2D eigenvalue weighted by Crippen LogP contribution is 2.45. The molecule has 0 radical (unpaired) electrons. The molecule has 2 aliphatic heterocycles. The SMILES string of the molecule is CC(=O)Nc1ccc(F)c([C@]23CN(c4ncc(F)cn4)C[C@H]2CSC(NC(=O)c2ccccc2)N3)c1. The number of hydrogen-bond acceptors (Lipinski definition) is 7. The predicted molar refractivity (Wildman–Crippen MR) is 133 cm³/mol. The van der Waals surface area contributed by atoms with Crippen molar-refractivity contribution in [1.82, 2.24) is 20.6 Å². The number of carbonyl (C=O) groups is 2. The Morgan fingerprint density at radius 2 is 1.89 bits per heavy atom. The molecule has 2 aliphatic rings. The summed E-state index contributed by atoms with van der Waals surface area (Å²) in [6.07, 6.45) is 2.19. The van der Waals surface area contributed by atoms with Crippen molar-refractivity contribution in [3.05, 3.63) is 83.7 Å². The average Bonchev–Trinajstić information content (AvgIpc) is 3.26. The summed E-state index contributed by atoms with van der Waals surface area (Å²) < 4.78 is 28.9. The number of nitrogens with one attached hydrogen (secondary N) is 3. The number of nitrogens with zero attached hydrogens (tertiary/aromatic N) is 3. The molecule has 11 heteroatoms. The fourth-order valence-corrected chi connectivity index (χ4v) is 6.08. The Kier molecular flexibility index (Phi) is 6.59. The number of amides is 2. The molecule has 0 aliphatic carbocycles. The Hall–Kier alpha value is -3.57. The zero-order valence-corrected chi connectivity index (χ0v) is 20.2. The number of thioether (sulfide) groups is 1. The van der Waals surface area contributed by atoms with Crippen LogP contribution in [-0.2, 0) is 10.3 Å². The molecule has 8 nitrogen and oxygen atoms in total. The molecule has 1 unspecified atom stereocenters. The van der Waals surface area contributed by atoms with E-state index in [0.29, 0.717) is 35.1 Å². The predicted octanol–water partition coefficient (Wildman–Crippen LogP) is 3.09. The van der Waals surface area contributed by atoms with E-state index in [1.807, 2.05) is 11.0 Å². The summed E-state index contributed by atoms with van der Waals surface area (Å²) in [5.74, 6) is -0.662. The van der Waals surface area contributed by atoms with Crippen LogP contribution in [0.5, 0.6) is 0 Å². The van der Waals surface area contributed by atoms with Gasteiger partial charge in [0.2, 0.25) is 11.9 Å². The van der Waals surface area contributed by atoms with Gasteiger partial charge in [-0.05, 0) is 30.3 Å². The average molecular weight is 511 g/mol. The summed E-state index contributed by atoms with van der Waals surface area (Å²) in [5.41, 5.74) is -0.0958. The van der Waals surface area contributed by atoms with Gasteiger partial charge in [-0.2, -0.15) is 0 Å². The molecule has 3 heterocycles. The second kappa shape index (κ2) is 9.82. The number of hydrogen-bond donors (Lipinski definition) is 3. The van der Waals surface area contributed by atoms with Gasteiger partial charge in [-0.25, -0.2) is 18.7 Å². The molecule has 3 N–H and O–H groups in total. The maximum absolute atomic E-state index is 15.4. The number of fused-ring (bicyclic) bond motifs is 1. The number of anilines is 2. The minimum atomic E-state index is -0.934. The number of rotatable bonds is 5. The molecule has 1 aromatic heterocycles. The lowest BCUT2D eigenvalue weighted by Crippen LogP contribution is -2.61. The first-order valence-electron chi connectivity index (χ1n) is 11.4. The van der Waals surface area contributed by atoms with Crippen LogP contribution in [0.3, 0.4) is 0 Å². The van der Waals surface area contributed by atoms with E-state index in [0.717, 1.165) is 12.4 Å². The zero-order valence-electron chi connectivity index (χ0n) is 19.4. The van der Waals surface area contributed by atoms with Gasteiger partial charge >= 0.3 is 0 Å². The largest absolute Gasteiger partial charge is 0.338 e. The zero-order chi connectivity index (χ0) is 25.3. The van der Waals surface area contributed by atoms with Crippen LogP contribution in [0.25, 0.3) is 0 Å². The molecule has 2 fully saturated rings. The first-order valence-corrected chi connectivity index (χ1v) is 12.4. The lowest BCUT2D eigenvalue weighted by Gasteiger charge is -2.44. The van der Waals surface area contributed by atoms with Crippen molar-refractivity contribution >= 4 is 35.2 Å². The fraction of sp³-hybridized carbons (Fsp3) is 0.280. The first-order chi connectivity index (χ1) is 17.3. The third-order valence-corrected chi connectivity index (χ3v) is 7.55. The van der Waals surface area contributed by atoms with Gasteiger partial charge in [0, 0.05) is 48.5 Å². The van der Waals surface area contributed by atoms with E-state index in [4.69, 9.17) is 0 Å². The fourth-order valence-electron chi connectivity index (χ4n) is 4.78. The summed E-state index contributed by atoms with van der Waals surface area (Å²) in [6.45, 7) is 2.16. The van der Waals surface area contributed by atoms with Crippen LogP contribution >= 0.6 is 11.8 Å². The van der Waals surface area contributed by atoms with Gasteiger partial charge < -0.3 is 15.5 Å². The smallest absolute Gasteiger partial charge is 0.253 e. The van der Waals surface area contributed by atoms with Crippen molar-refractivity contribution in [2.45, 2.75) is 18.0 Å². The van der Waals surface area contributed by atoms with Crippen molar-refractivity contribution < 1.29 is 18.4 Å². The summed E-state index contributed by atoms with van der Waals surface area (Å²) in [5, 5.41) is 9.19. The number of benzene rings is 2. The quantitative estimate of drug-likeness (QED) is 0.485. The van der Waals surface area contributed by atoms with E-state index in [-0.39, 0.29) is 24.3 Å². The first kappa shape index (κ1) is 24.1. The minimum Gasteiger partial charge on any atom is -0.338 e. The number of halogens is 2. The molecule has 36 heavy (non-hydrogen) atoms. The third-order valence-electron chi connectivity index (χ3n) is 6.39. The van der Waals surface area contributed by atoms with Crippen molar-refractivity contribution in [1.29, 1.82) is 0 Å². The highest BCUT2D eigenvalue weighted by molar-refractivity contribution is 7.99. The molecule has 0 spiro atoms. The Balaban J connectivity index is 1.50. The second-order valence-corrected chi connectivity index (χ2v) is 9.96. The Morgan fingerprint density at radius 1 is 1.14 bits per heavy atom. The Morgan fingerprint density at radius 3 is 2.61 bits per heavy atom. The van der Waals surface area contributed by atoms with Crippen LogP contribution in [0.4, 0.5) is 20.4 Å². The molecule has 5 rings (SSSR count). The summed E-state index contributed by atoms with van der Waals surface area (Å²) in [6, 6.07) is 13.3. The summed E-state index contributed by atoms with van der Waals surface area (Å²) in [7, 11) is 0. The maximum Gasteiger partial charge on any atom is 0.253 e. The van der Waals surface area contributed by atoms with Crippen molar-refractivity contribution in [2.24, 2.45) is 5.92 Å². The van der Waals surface area contributed by atoms with Gasteiger partial charge in [0.15, 0.2) is 5.82 Å². The van der Waals surface area contributed by atoms with E-state index in [1.165, 1.54) is 30.8 Å². The van der Waals surface area contributed by atoms with Crippen LogP contribution in [0, 0.1) is 17.6 Å². The summed E-state index contributed by atoms with van der Waals surface area (Å²) >= 11 is 1.51. The third kappa shape index (κ3) is 4.76. The molecule has 3 aromatic rings. The molecular formula is C25H24F2N6O2S. The van der Waals surface area contributed by atoms with Crippen LogP contribution in [-0.4, -0.2) is 46.1 Å². The van der Waals surface area contributed by atoms with Crippen LogP contribution < -0.4 is 20.9 Å². The maximum atomic E-state index is 15.4. The molecule has 186 valence electrons. The van der Waals surface area contributed by atoms with E-state index < -0.39 is 22.7 Å². The van der Waals surface area contributed by atoms with E-state index in [1.54, 1.807) is 30.3 Å². The van der Waals surface area contributed by atoms with E-state index in [2.05, 4.69) is 25.9 Å². The molecular weight excluding hydrogens is 486 g/mol. The normalized spacial score (nSPS) is 23.1. The standard InChI is InChI=1S/C25H24F2N6O2S/c1-15(34)30-19-7-8-21(27)20(9-19)25-14-33(23-28-10-18(26)11-29-23)12-17(25)13-36-24(32-25)31-22(35)16-5-3-2-4-6-16/h2-11,17,24,32H,12-14H2,1H3,(H,30,34)(H,31,35)/t17-,24?,25-/m0/s1. The van der Waals surface area contributed by atoms with Crippen LogP contribution in [0.2, 0.25) is 0 Å². The lowest BCUT2D eigenvalue weighted by atomic mass is 9.80. The van der Waals surface area contributed by atoms with E-state index >= 15 is 4.39 Å². The highest BCUT2D eigenvalue weighted by Gasteiger charge is 2.53. The van der Waals surface area contributed by atoms with Crippen LogP contribution in [0.15, 0.2) is 60.9 Å². The summed E-state index contributed by atoms with van der Waals surface area (Å²) in [4.78, 5) is 34.6. The molecule has 0 saturated carbocycles. The minimum absolute atomic E-state index is 0.0943. The topological polar surface area (TPSA) is 99.2 Å². The second-order valence-electron chi connectivity index (χ2n) is 8.82. The van der Waals surface area contributed by atoms with Gasteiger partial charge in [0.1, 0.15) is 11.3 Å². The van der Waals surface area contributed by atoms with Gasteiger partial charge in [0.25, 0.3) is 5.91 Å². The van der Waals surface area contributed by atoms with Crippen molar-refractivity contribution in [3.8, 4) is 0 Å². The monoisotopic (exact) mass is 510 g/mol. The van der Waals surface area contributed by atoms with Crippen molar-refractivity contribution in [2.75, 3.05) is 29.1 Å².